The molecule has 5 rings (SSSR count). The Balaban J connectivity index is 1.24. The first-order chi connectivity index (χ1) is 16.5. The predicted octanol–water partition coefficient (Wildman–Crippen LogP) is 4.40. The van der Waals surface area contributed by atoms with Crippen molar-refractivity contribution < 1.29 is 14.7 Å². The molecule has 3 aromatic rings. The Kier molecular flexibility index (Phi) is 6.10. The summed E-state index contributed by atoms with van der Waals surface area (Å²) < 4.78 is 0. The first-order valence-corrected chi connectivity index (χ1v) is 11.9. The molecule has 3 aromatic carbocycles. The second kappa shape index (κ2) is 9.34. The number of carboxylic acids is 1. The van der Waals surface area contributed by atoms with Crippen LogP contribution in [-0.4, -0.2) is 42.7 Å². The van der Waals surface area contributed by atoms with Crippen LogP contribution in [0.5, 0.6) is 0 Å². The summed E-state index contributed by atoms with van der Waals surface area (Å²) in [6.45, 7) is 4.45. The molecule has 2 saturated heterocycles. The molecule has 2 heterocycles. The number of nitrogens with one attached hydrogen (secondary N) is 1. The number of rotatable bonds is 6. The van der Waals surface area contributed by atoms with Gasteiger partial charge in [-0.15, -0.1) is 0 Å². The summed E-state index contributed by atoms with van der Waals surface area (Å²) in [5.74, 6) is 0.487. The molecule has 2 unspecified atom stereocenters. The Labute approximate surface area is 199 Å². The van der Waals surface area contributed by atoms with Gasteiger partial charge in [-0.25, -0.2) is 4.79 Å². The average Bonchev–Trinajstić information content (AvgIpc) is 3.51. The number of nitrogens with zero attached hydrogens (tertiary/aromatic N) is 2. The van der Waals surface area contributed by atoms with Crippen molar-refractivity contribution in [2.75, 3.05) is 29.4 Å². The van der Waals surface area contributed by atoms with E-state index in [1.165, 1.54) is 16.3 Å². The van der Waals surface area contributed by atoms with E-state index in [9.17, 15) is 14.7 Å². The minimum absolute atomic E-state index is 0.231. The third kappa shape index (κ3) is 4.30. The van der Waals surface area contributed by atoms with Gasteiger partial charge in [-0.3, -0.25) is 4.79 Å². The third-order valence-corrected chi connectivity index (χ3v) is 7.13. The van der Waals surface area contributed by atoms with Crippen LogP contribution in [0.3, 0.4) is 0 Å². The maximum Gasteiger partial charge on any atom is 0.308 e. The quantitative estimate of drug-likeness (QED) is 0.537. The molecular formula is C28H29N3O3. The molecule has 0 aliphatic carbocycles. The smallest absolute Gasteiger partial charge is 0.308 e. The molecule has 34 heavy (non-hydrogen) atoms. The van der Waals surface area contributed by atoms with E-state index in [-0.39, 0.29) is 12.5 Å². The minimum Gasteiger partial charge on any atom is -0.481 e. The van der Waals surface area contributed by atoms with E-state index in [0.29, 0.717) is 18.3 Å². The van der Waals surface area contributed by atoms with Crippen molar-refractivity contribution in [3.05, 3.63) is 78.0 Å². The van der Waals surface area contributed by atoms with Gasteiger partial charge in [0.05, 0.1) is 5.92 Å². The largest absolute Gasteiger partial charge is 0.481 e. The van der Waals surface area contributed by atoms with Crippen molar-refractivity contribution in [3.63, 3.8) is 0 Å². The molecule has 0 saturated carbocycles. The number of benzene rings is 3. The monoisotopic (exact) mass is 455 g/mol. The molecule has 2 aliphatic rings. The van der Waals surface area contributed by atoms with Crippen LogP contribution < -0.4 is 15.1 Å². The third-order valence-electron chi connectivity index (χ3n) is 7.13. The topological polar surface area (TPSA) is 72.9 Å². The fourth-order valence-corrected chi connectivity index (χ4v) is 5.31. The highest BCUT2D eigenvalue weighted by molar-refractivity contribution is 5.86. The Morgan fingerprint density at radius 1 is 1.03 bits per heavy atom. The number of hydrogen-bond donors (Lipinski definition) is 2. The van der Waals surface area contributed by atoms with Gasteiger partial charge in [-0.1, -0.05) is 42.5 Å². The van der Waals surface area contributed by atoms with Crippen LogP contribution in [0.4, 0.5) is 11.4 Å². The maximum absolute atomic E-state index is 11.3. The van der Waals surface area contributed by atoms with Gasteiger partial charge in [0.1, 0.15) is 11.6 Å². The molecule has 0 bridgehead atoms. The number of carbonyl (C=O) groups excluding carboxylic acids is 1. The molecule has 0 amide bonds. The van der Waals surface area contributed by atoms with Crippen LogP contribution in [0.25, 0.3) is 10.8 Å². The minimum atomic E-state index is -0.875. The van der Waals surface area contributed by atoms with Gasteiger partial charge in [0.2, 0.25) is 0 Å². The van der Waals surface area contributed by atoms with Crippen LogP contribution in [0.15, 0.2) is 72.4 Å². The summed E-state index contributed by atoms with van der Waals surface area (Å²) in [6, 6.07) is 23.7. The predicted molar refractivity (Wildman–Crippen MR) is 135 cm³/mol. The lowest BCUT2D eigenvalue weighted by atomic mass is 9.99. The zero-order valence-electron chi connectivity index (χ0n) is 19.3. The van der Waals surface area contributed by atoms with E-state index in [4.69, 9.17) is 0 Å². The number of fused-ring (bicyclic) bond motifs is 1. The molecule has 2 fully saturated rings. The first-order valence-electron chi connectivity index (χ1n) is 11.9. The van der Waals surface area contributed by atoms with Crippen molar-refractivity contribution in [1.82, 2.24) is 5.32 Å². The average molecular weight is 456 g/mol. The lowest BCUT2D eigenvalue weighted by molar-refractivity contribution is -0.140. The molecule has 0 spiro atoms. The number of carboxylic acid groups (broad SMARTS) is 1. The van der Waals surface area contributed by atoms with Crippen LogP contribution in [-0.2, 0) is 9.59 Å². The molecule has 0 radical (unpaired) electrons. The van der Waals surface area contributed by atoms with Crippen molar-refractivity contribution in [2.45, 2.75) is 31.8 Å². The number of hydrogen-bond acceptors (Lipinski definition) is 5. The summed E-state index contributed by atoms with van der Waals surface area (Å²) in [6.07, 6.45) is 1.30. The number of carbonyl (C=O) groups is 1. The summed E-state index contributed by atoms with van der Waals surface area (Å²) in [7, 11) is 0. The van der Waals surface area contributed by atoms with Gasteiger partial charge in [-0.05, 0) is 53.9 Å². The van der Waals surface area contributed by atoms with Crippen molar-refractivity contribution >= 4 is 34.1 Å². The van der Waals surface area contributed by atoms with Crippen LogP contribution in [0.1, 0.15) is 31.4 Å². The molecule has 6 heteroatoms. The van der Waals surface area contributed by atoms with Gasteiger partial charge < -0.3 is 20.2 Å². The van der Waals surface area contributed by atoms with Crippen molar-refractivity contribution in [1.29, 1.82) is 0 Å². The molecular weight excluding hydrogens is 426 g/mol. The first kappa shape index (κ1) is 22.2. The van der Waals surface area contributed by atoms with E-state index in [1.54, 1.807) is 4.90 Å². The van der Waals surface area contributed by atoms with Gasteiger partial charge in [-0.2, -0.15) is 0 Å². The highest BCUT2D eigenvalue weighted by atomic mass is 16.4. The van der Waals surface area contributed by atoms with Gasteiger partial charge in [0.15, 0.2) is 0 Å². The second-order valence-electron chi connectivity index (χ2n) is 9.30. The summed E-state index contributed by atoms with van der Waals surface area (Å²) in [4.78, 5) is 26.8. The van der Waals surface area contributed by atoms with E-state index >= 15 is 0 Å². The molecule has 2 N–H and O–H groups in total. The van der Waals surface area contributed by atoms with E-state index in [1.807, 2.05) is 18.1 Å². The van der Waals surface area contributed by atoms with Gasteiger partial charge in [0, 0.05) is 49.5 Å². The lowest BCUT2D eigenvalue weighted by Gasteiger charge is -2.24. The Morgan fingerprint density at radius 3 is 2.53 bits per heavy atom. The van der Waals surface area contributed by atoms with Crippen molar-refractivity contribution in [3.8, 4) is 0 Å². The highest BCUT2D eigenvalue weighted by Gasteiger charge is 2.33. The van der Waals surface area contributed by atoms with Crippen LogP contribution in [0.2, 0.25) is 0 Å². The number of allylic oxidation sites excluding steroid dienone is 1. The molecule has 0 aromatic heterocycles. The Hall–Kier alpha value is -3.60. The lowest BCUT2D eigenvalue weighted by Crippen LogP contribution is -2.34. The van der Waals surface area contributed by atoms with E-state index < -0.39 is 11.9 Å². The number of anilines is 2. The number of aliphatic carboxylic acids is 1. The summed E-state index contributed by atoms with van der Waals surface area (Å²) >= 11 is 0. The van der Waals surface area contributed by atoms with Crippen molar-refractivity contribution in [2.24, 2.45) is 5.92 Å². The Bertz CT molecular complexity index is 1240. The maximum atomic E-state index is 11.3. The molecule has 2 aliphatic heterocycles. The highest BCUT2D eigenvalue weighted by Crippen LogP contribution is 2.33. The van der Waals surface area contributed by atoms with E-state index in [2.05, 4.69) is 71.7 Å². The van der Waals surface area contributed by atoms with Crippen LogP contribution in [0, 0.1) is 5.92 Å². The fourth-order valence-electron chi connectivity index (χ4n) is 5.31. The molecule has 3 atom stereocenters. The zero-order chi connectivity index (χ0) is 23.7. The summed E-state index contributed by atoms with van der Waals surface area (Å²) in [5, 5.41) is 15.7. The Morgan fingerprint density at radius 2 is 1.76 bits per heavy atom. The van der Waals surface area contributed by atoms with Gasteiger partial charge in [0.25, 0.3) is 0 Å². The zero-order valence-corrected chi connectivity index (χ0v) is 19.3. The standard InChI is InChI=1S/C28H29N3O3/c1-19(26-8-4-6-20-5-2-3-7-27(20)26)29-22-13-14-30(17-22)23-9-11-24(12-10-23)31-16-21(28(33)34)15-25(31)18-32/h2-12,19,21-22,29H,13-17H2,1H3,(H,33,34)/t19?,21?,22-/m0/s1. The van der Waals surface area contributed by atoms with E-state index in [0.717, 1.165) is 30.9 Å². The second-order valence-corrected chi connectivity index (χ2v) is 9.30. The normalized spacial score (nSPS) is 21.1. The van der Waals surface area contributed by atoms with Crippen LogP contribution >= 0.6 is 0 Å². The fraction of sp³-hybridized carbons (Fsp3) is 0.321. The SMILES string of the molecule is CC(N[C@H]1CCN(c2ccc(N3CC(C(=O)O)CC3=C=O)cc2)C1)c1cccc2ccccc12. The molecule has 6 nitrogen and oxygen atoms in total. The van der Waals surface area contributed by atoms with Gasteiger partial charge >= 0.3 is 5.97 Å². The summed E-state index contributed by atoms with van der Waals surface area (Å²) in [5.41, 5.74) is 3.71. The molecule has 174 valence electrons.